The second-order valence-corrected chi connectivity index (χ2v) is 3.03. The number of ketones is 1. The Balaban J connectivity index is 2.54. The molecule has 0 bridgehead atoms. The largest absolute Gasteiger partial charge is 0.481 e. The van der Waals surface area contributed by atoms with Gasteiger partial charge in [0.1, 0.15) is 0 Å². The van der Waals surface area contributed by atoms with E-state index in [1.807, 2.05) is 0 Å². The van der Waals surface area contributed by atoms with Crippen LogP contribution in [0.4, 0.5) is 0 Å². The topological polar surface area (TPSA) is 61.3 Å². The number of carbonyl (C=O) groups is 1. The minimum atomic E-state index is -0.169. The first-order valence-electron chi connectivity index (χ1n) is 4.25. The smallest absolute Gasteiger partial charge is 0.222 e. The van der Waals surface area contributed by atoms with Crippen molar-refractivity contribution in [1.82, 2.24) is 9.97 Å². The van der Waals surface area contributed by atoms with Gasteiger partial charge in [-0.15, -0.1) is 0 Å². The van der Waals surface area contributed by atoms with Crippen molar-refractivity contribution in [1.29, 1.82) is 0 Å². The fraction of sp³-hybridized carbons (Fsp3) is 0.444. The number of Topliss-reactive ketones (excluding diaryl/α,β-unsaturated/α-hetero) is 1. The summed E-state index contributed by atoms with van der Waals surface area (Å²) in [6.45, 7) is 2.31. The summed E-state index contributed by atoms with van der Waals surface area (Å²) in [5.74, 6) is 0.460. The number of hydrogen-bond donors (Lipinski definition) is 0. The van der Waals surface area contributed by atoms with Crippen LogP contribution in [0.15, 0.2) is 0 Å². The summed E-state index contributed by atoms with van der Waals surface area (Å²) in [4.78, 5) is 19.2. The molecule has 1 aliphatic heterocycles. The average molecular weight is 194 g/mol. The van der Waals surface area contributed by atoms with Gasteiger partial charge in [0, 0.05) is 6.92 Å². The molecule has 2 heterocycles. The van der Waals surface area contributed by atoms with Gasteiger partial charge in [-0.25, -0.2) is 4.98 Å². The van der Waals surface area contributed by atoms with Crippen LogP contribution in [0.1, 0.15) is 28.8 Å². The van der Waals surface area contributed by atoms with Gasteiger partial charge >= 0.3 is 0 Å². The summed E-state index contributed by atoms with van der Waals surface area (Å²) < 4.78 is 10.3. The van der Waals surface area contributed by atoms with Crippen LogP contribution in [0, 0.1) is 0 Å². The predicted molar refractivity (Wildman–Crippen MR) is 47.1 cm³/mol. The van der Waals surface area contributed by atoms with E-state index in [4.69, 9.17) is 9.47 Å². The van der Waals surface area contributed by atoms with Crippen LogP contribution in [0.3, 0.4) is 0 Å². The molecule has 14 heavy (non-hydrogen) atoms. The van der Waals surface area contributed by atoms with E-state index in [2.05, 4.69) is 9.97 Å². The van der Waals surface area contributed by atoms with Gasteiger partial charge in [0.25, 0.3) is 0 Å². The molecule has 1 aromatic rings. The minimum absolute atomic E-state index is 0.169. The van der Waals surface area contributed by atoms with Gasteiger partial charge in [0.2, 0.25) is 5.88 Å². The lowest BCUT2D eigenvalue weighted by molar-refractivity contribution is 0.100. The zero-order valence-corrected chi connectivity index (χ0v) is 8.03. The summed E-state index contributed by atoms with van der Waals surface area (Å²) >= 11 is 0. The molecule has 74 valence electrons. The normalized spacial score (nSPS) is 13.9. The maximum Gasteiger partial charge on any atom is 0.222 e. The average Bonchev–Trinajstić information content (AvgIpc) is 2.63. The molecular formula is C9H10N2O3. The zero-order valence-electron chi connectivity index (χ0n) is 8.03. The van der Waals surface area contributed by atoms with E-state index in [0.717, 1.165) is 11.3 Å². The molecular weight excluding hydrogens is 184 g/mol. The van der Waals surface area contributed by atoms with E-state index in [1.54, 1.807) is 0 Å². The van der Waals surface area contributed by atoms with Crippen molar-refractivity contribution in [2.45, 2.75) is 20.1 Å². The zero-order chi connectivity index (χ0) is 10.1. The van der Waals surface area contributed by atoms with Crippen LogP contribution in [-0.2, 0) is 18.0 Å². The van der Waals surface area contributed by atoms with Crippen LogP contribution in [0.2, 0.25) is 0 Å². The first-order chi connectivity index (χ1) is 6.72. The number of nitrogens with zero attached hydrogens (tertiary/aromatic N) is 2. The molecule has 0 unspecified atom stereocenters. The van der Waals surface area contributed by atoms with Gasteiger partial charge in [0.15, 0.2) is 11.6 Å². The highest BCUT2D eigenvalue weighted by Gasteiger charge is 2.21. The summed E-state index contributed by atoms with van der Waals surface area (Å²) in [5, 5.41) is 0. The Hall–Kier alpha value is -1.49. The van der Waals surface area contributed by atoms with Crippen molar-refractivity contribution in [2.24, 2.45) is 0 Å². The molecule has 0 atom stereocenters. The Morgan fingerprint density at radius 1 is 1.43 bits per heavy atom. The number of hydrogen-bond acceptors (Lipinski definition) is 5. The van der Waals surface area contributed by atoms with Crippen molar-refractivity contribution >= 4 is 5.78 Å². The third-order valence-electron chi connectivity index (χ3n) is 2.05. The molecule has 0 spiro atoms. The third-order valence-corrected chi connectivity index (χ3v) is 2.05. The van der Waals surface area contributed by atoms with Crippen molar-refractivity contribution in [3.05, 3.63) is 17.1 Å². The van der Waals surface area contributed by atoms with Crippen LogP contribution in [0.5, 0.6) is 5.88 Å². The Bertz CT molecular complexity index is 390. The van der Waals surface area contributed by atoms with Gasteiger partial charge in [-0.3, -0.25) is 4.79 Å². The lowest BCUT2D eigenvalue weighted by Crippen LogP contribution is -2.07. The summed E-state index contributed by atoms with van der Waals surface area (Å²) in [6, 6.07) is 0. The van der Waals surface area contributed by atoms with Gasteiger partial charge in [-0.05, 0) is 0 Å². The maximum absolute atomic E-state index is 11.1. The third kappa shape index (κ3) is 1.35. The fourth-order valence-corrected chi connectivity index (χ4v) is 1.35. The first kappa shape index (κ1) is 9.08. The highest BCUT2D eigenvalue weighted by molar-refractivity contribution is 5.90. The number of rotatable bonds is 2. The molecule has 0 aliphatic carbocycles. The standard InChI is InChI=1S/C9H10N2O3/c1-5(12)8-10-7-4-14-3-6(7)9(11-8)13-2/h3-4H2,1-2H3. The van der Waals surface area contributed by atoms with E-state index in [-0.39, 0.29) is 11.6 Å². The SMILES string of the molecule is COc1nc(C(C)=O)nc2c1COC2. The second-order valence-electron chi connectivity index (χ2n) is 3.03. The van der Waals surface area contributed by atoms with E-state index in [1.165, 1.54) is 14.0 Å². The van der Waals surface area contributed by atoms with Crippen molar-refractivity contribution in [3.63, 3.8) is 0 Å². The van der Waals surface area contributed by atoms with Crippen molar-refractivity contribution in [2.75, 3.05) is 7.11 Å². The molecule has 5 heteroatoms. The molecule has 1 aromatic heterocycles. The molecule has 0 radical (unpaired) electrons. The second kappa shape index (κ2) is 3.34. The van der Waals surface area contributed by atoms with Gasteiger partial charge < -0.3 is 9.47 Å². The summed E-state index contributed by atoms with van der Waals surface area (Å²) in [5.41, 5.74) is 1.60. The Kier molecular flexibility index (Phi) is 2.17. The quantitative estimate of drug-likeness (QED) is 0.649. The fourth-order valence-electron chi connectivity index (χ4n) is 1.35. The molecule has 0 fully saturated rings. The Morgan fingerprint density at radius 2 is 2.21 bits per heavy atom. The first-order valence-corrected chi connectivity index (χ1v) is 4.25. The number of carbonyl (C=O) groups excluding carboxylic acids is 1. The van der Waals surface area contributed by atoms with E-state index in [9.17, 15) is 4.79 Å². The van der Waals surface area contributed by atoms with Crippen LogP contribution >= 0.6 is 0 Å². The van der Waals surface area contributed by atoms with E-state index >= 15 is 0 Å². The summed E-state index contributed by atoms with van der Waals surface area (Å²) in [6.07, 6.45) is 0. The molecule has 1 aliphatic rings. The minimum Gasteiger partial charge on any atom is -0.481 e. The molecule has 5 nitrogen and oxygen atoms in total. The van der Waals surface area contributed by atoms with Gasteiger partial charge in [0.05, 0.1) is 31.6 Å². The lowest BCUT2D eigenvalue weighted by Gasteiger charge is -2.05. The number of methoxy groups -OCH3 is 1. The molecule has 0 N–H and O–H groups in total. The molecule has 0 saturated heterocycles. The molecule has 0 saturated carbocycles. The van der Waals surface area contributed by atoms with Crippen molar-refractivity contribution < 1.29 is 14.3 Å². The summed E-state index contributed by atoms with van der Waals surface area (Å²) in [7, 11) is 1.52. The number of ether oxygens (including phenoxy) is 2. The Labute approximate surface area is 81.1 Å². The van der Waals surface area contributed by atoms with E-state index in [0.29, 0.717) is 19.1 Å². The number of fused-ring (bicyclic) bond motifs is 1. The lowest BCUT2D eigenvalue weighted by atomic mass is 10.2. The van der Waals surface area contributed by atoms with Crippen molar-refractivity contribution in [3.8, 4) is 5.88 Å². The van der Waals surface area contributed by atoms with E-state index < -0.39 is 0 Å². The highest BCUT2D eigenvalue weighted by atomic mass is 16.5. The van der Waals surface area contributed by atoms with Gasteiger partial charge in [-0.2, -0.15) is 4.98 Å². The number of aromatic nitrogens is 2. The monoisotopic (exact) mass is 194 g/mol. The molecule has 0 aromatic carbocycles. The van der Waals surface area contributed by atoms with Gasteiger partial charge in [-0.1, -0.05) is 0 Å². The molecule has 0 amide bonds. The predicted octanol–water partition coefficient (Wildman–Crippen LogP) is 0.718. The van der Waals surface area contributed by atoms with Crippen LogP contribution < -0.4 is 4.74 Å². The van der Waals surface area contributed by atoms with Crippen LogP contribution in [-0.4, -0.2) is 22.9 Å². The Morgan fingerprint density at radius 3 is 2.86 bits per heavy atom. The maximum atomic E-state index is 11.1. The highest BCUT2D eigenvalue weighted by Crippen LogP contribution is 2.25. The van der Waals surface area contributed by atoms with Crippen LogP contribution in [0.25, 0.3) is 0 Å². The molecule has 2 rings (SSSR count).